The molecule has 4 atom stereocenters. The van der Waals surface area contributed by atoms with E-state index in [9.17, 15) is 9.59 Å². The highest BCUT2D eigenvalue weighted by Gasteiger charge is 2.50. The second-order valence-corrected chi connectivity index (χ2v) is 13.8. The molecule has 0 aromatic carbocycles. The number of hydrogen-bond donors (Lipinski definition) is 0. The highest BCUT2D eigenvalue weighted by Crippen LogP contribution is 2.39. The molecule has 1 aliphatic heterocycles. The lowest BCUT2D eigenvalue weighted by Gasteiger charge is -2.41. The van der Waals surface area contributed by atoms with E-state index in [2.05, 4.69) is 33.9 Å². The lowest BCUT2D eigenvalue weighted by Crippen LogP contribution is -2.53. The number of rotatable bonds is 6. The van der Waals surface area contributed by atoms with E-state index in [1.165, 1.54) is 4.90 Å². The van der Waals surface area contributed by atoms with Crippen LogP contribution in [0.5, 0.6) is 0 Å². The first-order chi connectivity index (χ1) is 10.8. The van der Waals surface area contributed by atoms with Gasteiger partial charge in [-0.25, -0.2) is 4.79 Å². The van der Waals surface area contributed by atoms with E-state index in [4.69, 9.17) is 13.9 Å². The Kier molecular flexibility index (Phi) is 7.14. The molecule has 0 saturated carbocycles. The van der Waals surface area contributed by atoms with Gasteiger partial charge in [-0.15, -0.1) is 0 Å². The fourth-order valence-electron chi connectivity index (χ4n) is 2.49. The summed E-state index contributed by atoms with van der Waals surface area (Å²) in [5.41, 5.74) is 0. The predicted octanol–water partition coefficient (Wildman–Crippen LogP) is 3.58. The average molecular weight is 471 g/mol. The molecule has 8 heteroatoms. The third-order valence-corrected chi connectivity index (χ3v) is 10.7. The van der Waals surface area contributed by atoms with E-state index in [0.29, 0.717) is 6.61 Å². The fourth-order valence-corrected chi connectivity index (χ4v) is 4.67. The number of amides is 1. The fraction of sp³-hybridized carbons (Fsp3) is 0.875. The van der Waals surface area contributed by atoms with Crippen molar-refractivity contribution in [3.8, 4) is 0 Å². The first-order valence-corrected chi connectivity index (χ1v) is 12.4. The molecule has 0 radical (unpaired) electrons. The van der Waals surface area contributed by atoms with Crippen LogP contribution in [0.3, 0.4) is 0 Å². The Labute approximate surface area is 159 Å². The number of halogens is 1. The number of carbonyl (C=O) groups is 2. The molecule has 140 valence electrons. The molecule has 0 unspecified atom stereocenters. The third kappa shape index (κ3) is 4.63. The number of nitrogens with zero attached hydrogens (tertiary/aromatic N) is 1. The number of likely N-dealkylation sites (N-methyl/N-ethyl adjacent to an activating group) is 1. The molecule has 1 heterocycles. The van der Waals surface area contributed by atoms with Gasteiger partial charge < -0.3 is 18.8 Å². The van der Waals surface area contributed by atoms with E-state index in [1.807, 2.05) is 29.5 Å². The van der Waals surface area contributed by atoms with Gasteiger partial charge in [0.25, 0.3) is 0 Å². The number of cyclic esters (lactones) is 1. The zero-order valence-electron chi connectivity index (χ0n) is 15.9. The standard InChI is InChI=1S/C16H30INO5Si/c1-9-21-14(19)11(17)13-12(18(6)15(20)22-13)10(2)23-24(7,8)16(3,4)5/h10-13H,9H2,1-8H3/t10-,11+,12-,13-/m1/s1. The number of esters is 1. The van der Waals surface area contributed by atoms with Crippen LogP contribution < -0.4 is 0 Å². The Hall–Kier alpha value is -0.353. The quantitative estimate of drug-likeness (QED) is 0.257. The Balaban J connectivity index is 2.99. The third-order valence-electron chi connectivity index (χ3n) is 4.88. The zero-order chi connectivity index (χ0) is 18.9. The van der Waals surface area contributed by atoms with Crippen molar-refractivity contribution < 1.29 is 23.5 Å². The summed E-state index contributed by atoms with van der Waals surface area (Å²) in [6.07, 6.45) is -1.25. The molecular weight excluding hydrogens is 441 g/mol. The molecule has 1 rings (SSSR count). The highest BCUT2D eigenvalue weighted by molar-refractivity contribution is 14.1. The van der Waals surface area contributed by atoms with E-state index >= 15 is 0 Å². The summed E-state index contributed by atoms with van der Waals surface area (Å²) in [5, 5.41) is 0.0592. The van der Waals surface area contributed by atoms with Gasteiger partial charge in [-0.1, -0.05) is 43.4 Å². The number of carbonyl (C=O) groups excluding carboxylic acids is 2. The topological polar surface area (TPSA) is 65.1 Å². The van der Waals surface area contributed by atoms with E-state index in [1.54, 1.807) is 14.0 Å². The van der Waals surface area contributed by atoms with Gasteiger partial charge in [-0.05, 0) is 32.0 Å². The SMILES string of the molecule is CCOC(=O)[C@@H](I)[C@H]1OC(=O)N(C)[C@@H]1[C@@H](C)O[Si](C)(C)C(C)(C)C. The molecule has 0 bridgehead atoms. The molecule has 0 spiro atoms. The minimum Gasteiger partial charge on any atom is -0.465 e. The molecule has 6 nitrogen and oxygen atoms in total. The summed E-state index contributed by atoms with van der Waals surface area (Å²) in [4.78, 5) is 25.7. The normalized spacial score (nSPS) is 24.5. The summed E-state index contributed by atoms with van der Waals surface area (Å²) < 4.78 is 16.4. The zero-order valence-corrected chi connectivity index (χ0v) is 19.0. The maximum absolute atomic E-state index is 12.1. The summed E-state index contributed by atoms with van der Waals surface area (Å²) in [7, 11) is -0.319. The van der Waals surface area contributed by atoms with Crippen molar-refractivity contribution in [3.63, 3.8) is 0 Å². The van der Waals surface area contributed by atoms with Crippen LogP contribution in [0, 0.1) is 0 Å². The molecule has 0 aliphatic carbocycles. The smallest absolute Gasteiger partial charge is 0.410 e. The van der Waals surface area contributed by atoms with E-state index in [-0.39, 0.29) is 23.2 Å². The van der Waals surface area contributed by atoms with Gasteiger partial charge in [0.15, 0.2) is 8.32 Å². The van der Waals surface area contributed by atoms with Crippen molar-refractivity contribution >= 4 is 43.0 Å². The van der Waals surface area contributed by atoms with E-state index < -0.39 is 24.4 Å². The molecule has 0 N–H and O–H groups in total. The summed E-state index contributed by atoms with van der Waals surface area (Å²) in [5.74, 6) is -0.365. The maximum atomic E-state index is 12.1. The van der Waals surface area contributed by atoms with E-state index in [0.717, 1.165) is 0 Å². The molecule has 1 fully saturated rings. The Morgan fingerprint density at radius 1 is 1.42 bits per heavy atom. The highest BCUT2D eigenvalue weighted by atomic mass is 127. The van der Waals surface area contributed by atoms with Gasteiger partial charge >= 0.3 is 12.1 Å². The van der Waals surface area contributed by atoms with Crippen LogP contribution in [-0.2, 0) is 18.7 Å². The Morgan fingerprint density at radius 2 is 1.96 bits per heavy atom. The van der Waals surface area contributed by atoms with Crippen molar-refractivity contribution in [2.45, 2.75) is 74.9 Å². The van der Waals surface area contributed by atoms with Crippen molar-refractivity contribution in [2.75, 3.05) is 13.7 Å². The van der Waals surface area contributed by atoms with Crippen LogP contribution >= 0.6 is 22.6 Å². The minimum absolute atomic E-state index is 0.0592. The molecule has 1 aliphatic rings. The van der Waals surface area contributed by atoms with Crippen LogP contribution in [0.2, 0.25) is 18.1 Å². The van der Waals surface area contributed by atoms with Crippen molar-refractivity contribution in [3.05, 3.63) is 0 Å². The van der Waals surface area contributed by atoms with Crippen LogP contribution in [0.1, 0.15) is 34.6 Å². The lowest BCUT2D eigenvalue weighted by molar-refractivity contribution is -0.144. The molecule has 1 amide bonds. The Morgan fingerprint density at radius 3 is 2.42 bits per heavy atom. The second kappa shape index (κ2) is 7.90. The van der Waals surface area contributed by atoms with Gasteiger partial charge in [0.2, 0.25) is 0 Å². The van der Waals surface area contributed by atoms with Crippen LogP contribution in [0.4, 0.5) is 4.79 Å². The minimum atomic E-state index is -2.01. The van der Waals surface area contributed by atoms with Gasteiger partial charge in [0, 0.05) is 7.05 Å². The van der Waals surface area contributed by atoms with Crippen LogP contribution in [0.25, 0.3) is 0 Å². The average Bonchev–Trinajstić information content (AvgIpc) is 2.72. The monoisotopic (exact) mass is 471 g/mol. The van der Waals surface area contributed by atoms with Crippen molar-refractivity contribution in [2.24, 2.45) is 0 Å². The number of alkyl halides is 1. The first-order valence-electron chi connectivity index (χ1n) is 8.25. The van der Waals surface area contributed by atoms with Crippen molar-refractivity contribution in [1.29, 1.82) is 0 Å². The molecule has 0 aromatic rings. The summed E-state index contributed by atoms with van der Waals surface area (Å²) >= 11 is 1.99. The number of ether oxygens (including phenoxy) is 2. The van der Waals surface area contributed by atoms with Gasteiger partial charge in [0.05, 0.1) is 18.8 Å². The first kappa shape index (κ1) is 21.7. The summed E-state index contributed by atoms with van der Waals surface area (Å²) in [6, 6.07) is -0.321. The largest absolute Gasteiger partial charge is 0.465 e. The second-order valence-electron chi connectivity index (χ2n) is 7.69. The van der Waals surface area contributed by atoms with Gasteiger partial charge in [-0.3, -0.25) is 4.79 Å². The molecule has 24 heavy (non-hydrogen) atoms. The van der Waals surface area contributed by atoms with Gasteiger partial charge in [0.1, 0.15) is 10.0 Å². The van der Waals surface area contributed by atoms with Crippen LogP contribution in [-0.4, -0.2) is 61.1 Å². The predicted molar refractivity (Wildman–Crippen MR) is 104 cm³/mol. The summed E-state index contributed by atoms with van der Waals surface area (Å²) in [6.45, 7) is 14.9. The molecule has 1 saturated heterocycles. The molecular formula is C16H30INO5Si. The number of hydrogen-bond acceptors (Lipinski definition) is 5. The molecule has 0 aromatic heterocycles. The maximum Gasteiger partial charge on any atom is 0.410 e. The van der Waals surface area contributed by atoms with Crippen LogP contribution in [0.15, 0.2) is 0 Å². The van der Waals surface area contributed by atoms with Crippen molar-refractivity contribution in [1.82, 2.24) is 4.90 Å². The van der Waals surface area contributed by atoms with Gasteiger partial charge in [-0.2, -0.15) is 0 Å². The Bertz CT molecular complexity index is 480. The lowest BCUT2D eigenvalue weighted by atomic mass is 10.0.